The van der Waals surface area contributed by atoms with Gasteiger partial charge >= 0.3 is 107 Å². The molecule has 20 heavy (non-hydrogen) atoms. The maximum atomic E-state index is 3.75. The minimum atomic E-state index is 0.826. The first-order chi connectivity index (χ1) is 9.81. The third-order valence-electron chi connectivity index (χ3n) is 5.36. The van der Waals surface area contributed by atoms with E-state index in [2.05, 4.69) is 30.9 Å². The molecular weight excluding hydrogens is 241 g/mol. The van der Waals surface area contributed by atoms with Crippen molar-refractivity contribution in [3.8, 4) is 0 Å². The van der Waals surface area contributed by atoms with Gasteiger partial charge in [0.25, 0.3) is 0 Å². The van der Waals surface area contributed by atoms with Crippen molar-refractivity contribution in [1.29, 1.82) is 0 Å². The van der Waals surface area contributed by atoms with Crippen LogP contribution in [0.2, 0.25) is 6.32 Å². The summed E-state index contributed by atoms with van der Waals surface area (Å²) in [5.74, 6) is 3.90. The van der Waals surface area contributed by atoms with Gasteiger partial charge in [0, 0.05) is 0 Å². The molecule has 0 bridgehead atoms. The summed E-state index contributed by atoms with van der Waals surface area (Å²) in [7, 11) is 0. The van der Waals surface area contributed by atoms with E-state index in [0.29, 0.717) is 0 Å². The molecule has 112 valence electrons. The number of unbranched alkanes of at least 4 members (excludes halogenated alkanes) is 1. The number of allylic oxidation sites excluding steroid dienone is 2. The van der Waals surface area contributed by atoms with E-state index in [1.807, 2.05) is 6.92 Å². The molecule has 0 amide bonds. The summed E-state index contributed by atoms with van der Waals surface area (Å²) in [5, 5.41) is 3.52. The van der Waals surface area contributed by atoms with E-state index in [1.54, 1.807) is 0 Å². The van der Waals surface area contributed by atoms with Gasteiger partial charge in [-0.1, -0.05) is 12.2 Å². The molecule has 3 unspecified atom stereocenters. The molecule has 0 saturated heterocycles. The Morgan fingerprint density at radius 3 is 2.80 bits per heavy atom. The van der Waals surface area contributed by atoms with Crippen molar-refractivity contribution in [3.63, 3.8) is 0 Å². The fourth-order valence-corrected chi connectivity index (χ4v) is 3.68. The standard InChI is InChI=1S/C18H32BN/c1-15(14-20-13-12-19-2)6-3-4-7-17-10-11-18(17)16-8-5-9-16/h5,8,15-18,20H,2-4,6-7,9-14H2,1H3/t15-,16?,17?,18?/m0/s1. The molecule has 0 aromatic heterocycles. The van der Waals surface area contributed by atoms with E-state index in [-0.39, 0.29) is 0 Å². The summed E-state index contributed by atoms with van der Waals surface area (Å²) in [5.41, 5.74) is 0. The van der Waals surface area contributed by atoms with Gasteiger partial charge in [-0.25, -0.2) is 0 Å². The number of hydrogen-bond donors (Lipinski definition) is 1. The zero-order chi connectivity index (χ0) is 14.2. The summed E-state index contributed by atoms with van der Waals surface area (Å²) >= 11 is 0. The summed E-state index contributed by atoms with van der Waals surface area (Å²) in [4.78, 5) is 0. The normalized spacial score (nSPS) is 29.4. The van der Waals surface area contributed by atoms with Crippen LogP contribution in [0.1, 0.15) is 51.9 Å². The third kappa shape index (κ3) is 4.88. The van der Waals surface area contributed by atoms with E-state index in [9.17, 15) is 0 Å². The molecule has 0 aromatic rings. The van der Waals surface area contributed by atoms with Gasteiger partial charge in [0.2, 0.25) is 0 Å². The van der Waals surface area contributed by atoms with Crippen molar-refractivity contribution in [2.45, 2.75) is 58.2 Å². The molecule has 0 spiro atoms. The summed E-state index contributed by atoms with van der Waals surface area (Å²) in [6.45, 7) is 10.4. The van der Waals surface area contributed by atoms with Crippen LogP contribution in [-0.2, 0) is 0 Å². The van der Waals surface area contributed by atoms with Crippen LogP contribution in [0.5, 0.6) is 0 Å². The van der Waals surface area contributed by atoms with Gasteiger partial charge in [0.15, 0.2) is 0 Å². The molecular formula is C18H32BN. The van der Waals surface area contributed by atoms with Crippen molar-refractivity contribution in [2.24, 2.45) is 23.7 Å². The predicted molar refractivity (Wildman–Crippen MR) is 91.6 cm³/mol. The van der Waals surface area contributed by atoms with Crippen LogP contribution < -0.4 is 5.32 Å². The minimum Gasteiger partial charge on any atom is -0.0876 e. The second kappa shape index (κ2) is 8.82. The van der Waals surface area contributed by atoms with E-state index in [1.165, 1.54) is 51.5 Å². The van der Waals surface area contributed by atoms with Crippen LogP contribution >= 0.6 is 0 Å². The van der Waals surface area contributed by atoms with Crippen molar-refractivity contribution in [1.82, 2.24) is 5.32 Å². The van der Waals surface area contributed by atoms with Gasteiger partial charge in [0.05, 0.1) is 0 Å². The van der Waals surface area contributed by atoms with Crippen LogP contribution in [0.4, 0.5) is 0 Å². The minimum absolute atomic E-state index is 0.826. The molecule has 2 aliphatic rings. The van der Waals surface area contributed by atoms with E-state index in [0.717, 1.165) is 36.5 Å². The van der Waals surface area contributed by atoms with Gasteiger partial charge in [-0.15, -0.1) is 0 Å². The van der Waals surface area contributed by atoms with Crippen molar-refractivity contribution in [3.05, 3.63) is 12.2 Å². The smallest absolute Gasteiger partial charge is 0.0876 e. The fraction of sp³-hybridized carbons (Fsp3) is 0.833. The molecule has 0 aliphatic heterocycles. The maximum absolute atomic E-state index is 3.75. The SMILES string of the molecule is C=BCCNC[C@@H](C)CCCCC1CCC1C1C=CC1. The van der Waals surface area contributed by atoms with Crippen LogP contribution in [0.3, 0.4) is 0 Å². The Hall–Kier alpha value is -0.365. The summed E-state index contributed by atoms with van der Waals surface area (Å²) < 4.78 is 0. The third-order valence-corrected chi connectivity index (χ3v) is 5.36. The molecule has 2 rings (SSSR count). The van der Waals surface area contributed by atoms with Crippen LogP contribution in [0.25, 0.3) is 0 Å². The molecule has 0 heterocycles. The molecule has 1 nitrogen and oxygen atoms in total. The molecule has 4 atom stereocenters. The Balaban J connectivity index is 1.45. The van der Waals surface area contributed by atoms with Crippen LogP contribution in [0.15, 0.2) is 12.2 Å². The summed E-state index contributed by atoms with van der Waals surface area (Å²) in [6.07, 6.45) is 16.0. The molecule has 2 aliphatic carbocycles. The molecule has 1 saturated carbocycles. The zero-order valence-corrected chi connectivity index (χ0v) is 13.3. The van der Waals surface area contributed by atoms with Crippen molar-refractivity contribution < 1.29 is 0 Å². The van der Waals surface area contributed by atoms with Crippen molar-refractivity contribution >= 4 is 13.4 Å². The van der Waals surface area contributed by atoms with Crippen LogP contribution in [-0.4, -0.2) is 26.5 Å². The monoisotopic (exact) mass is 273 g/mol. The van der Waals surface area contributed by atoms with Crippen LogP contribution in [0, 0.1) is 23.7 Å². The Kier molecular flexibility index (Phi) is 7.06. The predicted octanol–water partition coefficient (Wildman–Crippen LogP) is 3.93. The average Bonchev–Trinajstić information content (AvgIpc) is 2.37. The molecule has 1 N–H and O–H groups in total. The van der Waals surface area contributed by atoms with Gasteiger partial charge in [-0.2, -0.15) is 0 Å². The van der Waals surface area contributed by atoms with Crippen molar-refractivity contribution in [2.75, 3.05) is 13.1 Å². The molecule has 0 aromatic carbocycles. The Labute approximate surface area is 126 Å². The first-order valence-corrected chi connectivity index (χ1v) is 8.79. The van der Waals surface area contributed by atoms with Gasteiger partial charge < -0.3 is 0 Å². The summed E-state index contributed by atoms with van der Waals surface area (Å²) in [6, 6.07) is 0. The van der Waals surface area contributed by atoms with Gasteiger partial charge in [0.1, 0.15) is 0 Å². The number of nitrogens with one attached hydrogen (secondary N) is 1. The first-order valence-electron chi connectivity index (χ1n) is 8.79. The first kappa shape index (κ1) is 16.0. The number of hydrogen-bond acceptors (Lipinski definition) is 1. The zero-order valence-electron chi connectivity index (χ0n) is 13.3. The van der Waals surface area contributed by atoms with Gasteiger partial charge in [-0.05, 0) is 6.42 Å². The molecule has 1 fully saturated rings. The second-order valence-corrected chi connectivity index (χ2v) is 7.00. The Bertz CT molecular complexity index is 313. The van der Waals surface area contributed by atoms with E-state index >= 15 is 0 Å². The fourth-order valence-electron chi connectivity index (χ4n) is 3.68. The van der Waals surface area contributed by atoms with Gasteiger partial charge in [-0.3, -0.25) is 0 Å². The Morgan fingerprint density at radius 2 is 2.20 bits per heavy atom. The Morgan fingerprint density at radius 1 is 1.35 bits per heavy atom. The topological polar surface area (TPSA) is 12.0 Å². The molecule has 2 heteroatoms. The second-order valence-electron chi connectivity index (χ2n) is 7.00. The van der Waals surface area contributed by atoms with E-state index < -0.39 is 0 Å². The van der Waals surface area contributed by atoms with E-state index in [4.69, 9.17) is 0 Å². The molecule has 0 radical (unpaired) electrons. The number of rotatable bonds is 11. The quantitative estimate of drug-likeness (QED) is 0.342. The average molecular weight is 273 g/mol.